The Kier molecular flexibility index (Phi) is 7.72. The largest absolute Gasteiger partial charge is 0.427 e. The first-order valence-electron chi connectivity index (χ1n) is 13.5. The zero-order valence-electron chi connectivity index (χ0n) is 23.2. The van der Waals surface area contributed by atoms with E-state index in [0.717, 1.165) is 30.2 Å². The summed E-state index contributed by atoms with van der Waals surface area (Å²) >= 11 is 0. The number of imide groups is 1. The monoisotopic (exact) mass is 597 g/mol. The van der Waals surface area contributed by atoms with Gasteiger partial charge in [-0.2, -0.15) is 13.2 Å². The van der Waals surface area contributed by atoms with Gasteiger partial charge in [-0.05, 0) is 48.2 Å². The maximum Gasteiger partial charge on any atom is 0.418 e. The molecule has 1 N–H and O–H groups in total. The third kappa shape index (κ3) is 5.69. The second-order valence-electron chi connectivity index (χ2n) is 10.6. The molecule has 0 aromatic heterocycles. The van der Waals surface area contributed by atoms with E-state index in [4.69, 9.17) is 4.74 Å². The van der Waals surface area contributed by atoms with Crippen molar-refractivity contribution in [2.24, 2.45) is 0 Å². The van der Waals surface area contributed by atoms with Crippen molar-refractivity contribution in [2.75, 3.05) is 11.9 Å². The normalized spacial score (nSPS) is 18.4. The maximum absolute atomic E-state index is 13.7. The van der Waals surface area contributed by atoms with Crippen LogP contribution in [0.4, 0.5) is 28.0 Å². The molecular formula is C31H27F4N3O5. The summed E-state index contributed by atoms with van der Waals surface area (Å²) < 4.78 is 60.0. The number of anilines is 1. The molecule has 2 aliphatic rings. The summed E-state index contributed by atoms with van der Waals surface area (Å²) in [6, 6.07) is 14.7. The minimum Gasteiger partial charge on any atom is -0.427 e. The van der Waals surface area contributed by atoms with Gasteiger partial charge < -0.3 is 15.0 Å². The summed E-state index contributed by atoms with van der Waals surface area (Å²) in [4.78, 5) is 52.5. The van der Waals surface area contributed by atoms with Gasteiger partial charge in [-0.15, -0.1) is 0 Å². The van der Waals surface area contributed by atoms with E-state index in [2.05, 4.69) is 5.32 Å². The molecule has 2 atom stereocenters. The average molecular weight is 598 g/mol. The Hall–Kier alpha value is -4.74. The molecule has 12 heteroatoms. The Morgan fingerprint density at radius 1 is 1.07 bits per heavy atom. The summed E-state index contributed by atoms with van der Waals surface area (Å²) in [6.45, 7) is 0.708. The van der Waals surface area contributed by atoms with Crippen LogP contribution < -0.4 is 5.32 Å². The number of ether oxygens (including phenoxy) is 1. The average Bonchev–Trinajstić information content (AvgIpc) is 3.43. The number of hydrogen-bond acceptors (Lipinski definition) is 5. The predicted molar refractivity (Wildman–Crippen MR) is 147 cm³/mol. The highest BCUT2D eigenvalue weighted by Gasteiger charge is 2.58. The first-order valence-corrected chi connectivity index (χ1v) is 13.5. The number of benzene rings is 3. The molecule has 1 fully saturated rings. The number of para-hydroxylation sites is 1. The number of carbonyl (C=O) groups is 4. The molecule has 1 saturated heterocycles. The van der Waals surface area contributed by atoms with Crippen LogP contribution in [0.5, 0.6) is 0 Å². The second-order valence-corrected chi connectivity index (χ2v) is 10.6. The number of nitrogens with one attached hydrogen (secondary N) is 1. The first-order chi connectivity index (χ1) is 20.3. The SMILES string of the molecule is CC(=O)Nc1ccccc1-c1ccc2c(c1)CC[C@@]21OC(=O)N(CC(=O)N(Cc2ccc(F)cc2)C(C)C(F)(F)F)C1=O. The van der Waals surface area contributed by atoms with Gasteiger partial charge in [0, 0.05) is 36.7 Å². The fraction of sp³-hybridized carbons (Fsp3) is 0.290. The van der Waals surface area contributed by atoms with Gasteiger partial charge in [0.1, 0.15) is 18.4 Å². The van der Waals surface area contributed by atoms with E-state index >= 15 is 0 Å². The van der Waals surface area contributed by atoms with Crippen molar-refractivity contribution in [1.29, 1.82) is 0 Å². The molecule has 1 heterocycles. The minimum atomic E-state index is -4.80. The van der Waals surface area contributed by atoms with Crippen LogP contribution in [0.1, 0.15) is 37.0 Å². The standard InChI is InChI=1S/C31H27F4N3O5/c1-18(31(33,34)35)37(16-20-7-10-23(32)11-8-20)27(40)17-38-28(41)30(43-29(38)42)14-13-22-15-21(9-12-25(22)30)24-5-3-4-6-26(24)36-19(2)39/h3-12,15,18H,13-14,16-17H2,1-2H3,(H,36,39)/t18?,30-/m1/s1. The van der Waals surface area contributed by atoms with Gasteiger partial charge in [-0.3, -0.25) is 14.4 Å². The number of fused-ring (bicyclic) bond motifs is 2. The Morgan fingerprint density at radius 2 is 1.77 bits per heavy atom. The van der Waals surface area contributed by atoms with Crippen LogP contribution in [0.25, 0.3) is 11.1 Å². The number of hydrogen-bond donors (Lipinski definition) is 1. The molecule has 1 aliphatic carbocycles. The van der Waals surface area contributed by atoms with Gasteiger partial charge in [0.25, 0.3) is 5.91 Å². The topological polar surface area (TPSA) is 96.0 Å². The quantitative estimate of drug-likeness (QED) is 0.361. The molecule has 3 aromatic carbocycles. The maximum atomic E-state index is 13.7. The molecule has 8 nitrogen and oxygen atoms in total. The molecule has 3 aromatic rings. The number of carbonyl (C=O) groups excluding carboxylic acids is 4. The lowest BCUT2D eigenvalue weighted by Crippen LogP contribution is -2.51. The smallest absolute Gasteiger partial charge is 0.418 e. The lowest BCUT2D eigenvalue weighted by atomic mass is 9.92. The summed E-state index contributed by atoms with van der Waals surface area (Å²) in [5, 5.41) is 2.78. The van der Waals surface area contributed by atoms with E-state index in [1.165, 1.54) is 19.1 Å². The van der Waals surface area contributed by atoms with Crippen LogP contribution in [0.3, 0.4) is 0 Å². The van der Waals surface area contributed by atoms with E-state index in [-0.39, 0.29) is 17.9 Å². The Morgan fingerprint density at radius 3 is 2.44 bits per heavy atom. The zero-order valence-corrected chi connectivity index (χ0v) is 23.2. The van der Waals surface area contributed by atoms with Crippen molar-refractivity contribution < 1.29 is 41.5 Å². The van der Waals surface area contributed by atoms with Gasteiger partial charge in [0.15, 0.2) is 0 Å². The van der Waals surface area contributed by atoms with Crippen molar-refractivity contribution >= 4 is 29.5 Å². The number of nitrogens with zero attached hydrogens (tertiary/aromatic N) is 2. The molecule has 43 heavy (non-hydrogen) atoms. The summed E-state index contributed by atoms with van der Waals surface area (Å²) in [6.07, 6.45) is -5.49. The molecule has 5 rings (SSSR count). The van der Waals surface area contributed by atoms with Gasteiger partial charge in [-0.25, -0.2) is 14.1 Å². The Bertz CT molecular complexity index is 1610. The van der Waals surface area contributed by atoms with E-state index in [1.54, 1.807) is 24.3 Å². The fourth-order valence-corrected chi connectivity index (χ4v) is 5.48. The third-order valence-electron chi connectivity index (χ3n) is 7.73. The third-order valence-corrected chi connectivity index (χ3v) is 7.73. The molecule has 4 amide bonds. The van der Waals surface area contributed by atoms with Crippen LogP contribution in [-0.2, 0) is 37.7 Å². The first kappa shape index (κ1) is 29.7. The lowest BCUT2D eigenvalue weighted by Gasteiger charge is -2.31. The van der Waals surface area contributed by atoms with Crippen molar-refractivity contribution in [3.05, 3.63) is 89.2 Å². The summed E-state index contributed by atoms with van der Waals surface area (Å²) in [7, 11) is 0. The van der Waals surface area contributed by atoms with Crippen molar-refractivity contribution in [3.8, 4) is 11.1 Å². The van der Waals surface area contributed by atoms with Crippen molar-refractivity contribution in [3.63, 3.8) is 0 Å². The Balaban J connectivity index is 1.40. The summed E-state index contributed by atoms with van der Waals surface area (Å²) in [5.74, 6) is -2.80. The number of alkyl halides is 3. The fourth-order valence-electron chi connectivity index (χ4n) is 5.48. The van der Waals surface area contributed by atoms with Crippen molar-refractivity contribution in [2.45, 2.75) is 51.1 Å². The molecule has 0 radical (unpaired) electrons. The van der Waals surface area contributed by atoms with Gasteiger partial charge >= 0.3 is 12.3 Å². The predicted octanol–water partition coefficient (Wildman–Crippen LogP) is 5.55. The van der Waals surface area contributed by atoms with E-state index in [9.17, 15) is 36.7 Å². The molecular weight excluding hydrogens is 570 g/mol. The van der Waals surface area contributed by atoms with Crippen LogP contribution in [0, 0.1) is 5.82 Å². The molecule has 1 unspecified atom stereocenters. The molecule has 0 saturated carbocycles. The van der Waals surface area contributed by atoms with E-state index in [0.29, 0.717) is 33.0 Å². The lowest BCUT2D eigenvalue weighted by molar-refractivity contribution is -0.187. The second kappa shape index (κ2) is 11.2. The van der Waals surface area contributed by atoms with E-state index in [1.807, 2.05) is 18.2 Å². The summed E-state index contributed by atoms with van der Waals surface area (Å²) in [5.41, 5.74) is 1.75. The number of halogens is 4. The van der Waals surface area contributed by atoms with Crippen LogP contribution in [0.2, 0.25) is 0 Å². The molecule has 1 aliphatic heterocycles. The molecule has 224 valence electrons. The van der Waals surface area contributed by atoms with Crippen LogP contribution >= 0.6 is 0 Å². The van der Waals surface area contributed by atoms with Gasteiger partial charge in [0.2, 0.25) is 17.4 Å². The van der Waals surface area contributed by atoms with Crippen LogP contribution in [-0.4, -0.2) is 52.4 Å². The van der Waals surface area contributed by atoms with Crippen LogP contribution in [0.15, 0.2) is 66.7 Å². The Labute approximate surface area is 244 Å². The van der Waals surface area contributed by atoms with E-state index < -0.39 is 54.6 Å². The highest BCUT2D eigenvalue weighted by Crippen LogP contribution is 2.46. The highest BCUT2D eigenvalue weighted by molar-refractivity contribution is 6.06. The number of amides is 4. The zero-order chi connectivity index (χ0) is 31.1. The van der Waals surface area contributed by atoms with Gasteiger partial charge in [0.05, 0.1) is 0 Å². The number of rotatable bonds is 7. The molecule has 1 spiro atoms. The number of aryl methyl sites for hydroxylation is 1. The molecule has 0 bridgehead atoms. The highest BCUT2D eigenvalue weighted by atomic mass is 19.4. The van der Waals surface area contributed by atoms with Crippen molar-refractivity contribution in [1.82, 2.24) is 9.80 Å². The van der Waals surface area contributed by atoms with Gasteiger partial charge in [-0.1, -0.05) is 48.5 Å². The minimum absolute atomic E-state index is 0.0899.